The van der Waals surface area contributed by atoms with Crippen LogP contribution in [0.2, 0.25) is 0 Å². The fraction of sp³-hybridized carbons (Fsp3) is 0.400. The first-order valence-electron chi connectivity index (χ1n) is 9.09. The highest BCUT2D eigenvalue weighted by atomic mass is 16.7. The van der Waals surface area contributed by atoms with Crippen molar-refractivity contribution in [2.45, 2.75) is 25.8 Å². The zero-order chi connectivity index (χ0) is 20.0. The molecule has 0 saturated heterocycles. The second-order valence-electron chi connectivity index (χ2n) is 7.15. The zero-order valence-corrected chi connectivity index (χ0v) is 16.0. The lowest BCUT2D eigenvalue weighted by atomic mass is 9.87. The van der Waals surface area contributed by atoms with Crippen LogP contribution in [0.25, 0.3) is 0 Å². The topological polar surface area (TPSA) is 99.6 Å². The number of rotatable bonds is 4. The fourth-order valence-electron chi connectivity index (χ4n) is 4.04. The molecule has 2 N–H and O–H groups in total. The minimum absolute atomic E-state index is 0.0240. The van der Waals surface area contributed by atoms with Crippen molar-refractivity contribution in [1.29, 1.82) is 0 Å². The van der Waals surface area contributed by atoms with Crippen LogP contribution < -0.4 is 24.7 Å². The molecule has 0 amide bonds. The van der Waals surface area contributed by atoms with Crippen molar-refractivity contribution in [1.82, 2.24) is 0 Å². The molecule has 1 aromatic heterocycles. The third-order valence-electron chi connectivity index (χ3n) is 5.40. The van der Waals surface area contributed by atoms with E-state index >= 15 is 0 Å². The van der Waals surface area contributed by atoms with Crippen LogP contribution in [-0.4, -0.2) is 38.4 Å². The number of hydrogen-bond donors (Lipinski definition) is 2. The summed E-state index contributed by atoms with van der Waals surface area (Å²) in [6, 6.07) is 2.95. The Labute approximate surface area is 161 Å². The van der Waals surface area contributed by atoms with E-state index in [0.29, 0.717) is 17.2 Å². The van der Waals surface area contributed by atoms with E-state index in [2.05, 4.69) is 0 Å². The number of ketones is 1. The number of aryl methyl sites for hydroxylation is 1. The van der Waals surface area contributed by atoms with Crippen molar-refractivity contribution in [3.05, 3.63) is 45.0 Å². The van der Waals surface area contributed by atoms with Gasteiger partial charge < -0.3 is 28.6 Å². The monoisotopic (exact) mass is 388 g/mol. The maximum atomic E-state index is 12.9. The molecule has 1 unspecified atom stereocenters. The lowest BCUT2D eigenvalue weighted by Crippen LogP contribution is -3.10. The molecule has 8 nitrogen and oxygen atoms in total. The summed E-state index contributed by atoms with van der Waals surface area (Å²) >= 11 is 0. The van der Waals surface area contributed by atoms with Crippen molar-refractivity contribution in [2.24, 2.45) is 0 Å². The SMILES string of the molecule is COc1c2c(cc3c1[C@H](CC(=O)c1c(O)cc(C)oc1=O)[NH+](C)CC3)OCO2. The quantitative estimate of drug-likeness (QED) is 0.747. The smallest absolute Gasteiger partial charge is 0.350 e. The van der Waals surface area contributed by atoms with Gasteiger partial charge in [0.25, 0.3) is 0 Å². The molecular weight excluding hydrogens is 366 g/mol. The van der Waals surface area contributed by atoms with Gasteiger partial charge in [-0.3, -0.25) is 4.79 Å². The number of quaternary nitrogens is 1. The number of Topliss-reactive ketones (excluding diaryl/α,β-unsaturated/α-hetero) is 1. The second kappa shape index (κ2) is 6.87. The number of likely N-dealkylation sites (N-methyl/N-ethyl adjacent to an activating group) is 1. The Morgan fingerprint density at radius 3 is 2.86 bits per heavy atom. The van der Waals surface area contributed by atoms with E-state index in [-0.39, 0.29) is 36.3 Å². The van der Waals surface area contributed by atoms with E-state index in [0.717, 1.165) is 29.0 Å². The molecule has 2 atom stereocenters. The Kier molecular flexibility index (Phi) is 4.50. The van der Waals surface area contributed by atoms with Gasteiger partial charge in [-0.1, -0.05) is 0 Å². The fourth-order valence-corrected chi connectivity index (χ4v) is 4.04. The first-order valence-corrected chi connectivity index (χ1v) is 9.09. The van der Waals surface area contributed by atoms with Crippen molar-refractivity contribution in [2.75, 3.05) is 27.5 Å². The highest BCUT2D eigenvalue weighted by molar-refractivity contribution is 5.98. The van der Waals surface area contributed by atoms with Crippen molar-refractivity contribution < 1.29 is 33.4 Å². The molecule has 2 aromatic rings. The van der Waals surface area contributed by atoms with Crippen LogP contribution in [0.15, 0.2) is 21.3 Å². The molecule has 0 spiro atoms. The van der Waals surface area contributed by atoms with Gasteiger partial charge in [0.15, 0.2) is 17.3 Å². The molecule has 148 valence electrons. The first-order chi connectivity index (χ1) is 13.4. The summed E-state index contributed by atoms with van der Waals surface area (Å²) in [4.78, 5) is 26.2. The number of ether oxygens (including phenoxy) is 3. The molecule has 8 heteroatoms. The number of methoxy groups -OCH3 is 1. The second-order valence-corrected chi connectivity index (χ2v) is 7.15. The van der Waals surface area contributed by atoms with Gasteiger partial charge in [-0.2, -0.15) is 0 Å². The average molecular weight is 388 g/mol. The predicted molar refractivity (Wildman–Crippen MR) is 97.6 cm³/mol. The highest BCUT2D eigenvalue weighted by Crippen LogP contribution is 2.47. The summed E-state index contributed by atoms with van der Waals surface area (Å²) in [7, 11) is 3.54. The lowest BCUT2D eigenvalue weighted by molar-refractivity contribution is -0.913. The van der Waals surface area contributed by atoms with Crippen LogP contribution >= 0.6 is 0 Å². The van der Waals surface area contributed by atoms with E-state index < -0.39 is 11.4 Å². The van der Waals surface area contributed by atoms with Crippen LogP contribution in [-0.2, 0) is 6.42 Å². The molecule has 3 heterocycles. The molecule has 0 aliphatic carbocycles. The number of nitrogens with one attached hydrogen (secondary N) is 1. The zero-order valence-electron chi connectivity index (χ0n) is 16.0. The van der Waals surface area contributed by atoms with Gasteiger partial charge in [0.2, 0.25) is 12.5 Å². The molecule has 0 saturated carbocycles. The molecule has 1 aromatic carbocycles. The van der Waals surface area contributed by atoms with E-state index in [4.69, 9.17) is 18.6 Å². The Morgan fingerprint density at radius 2 is 2.14 bits per heavy atom. The normalized spacial score (nSPS) is 20.0. The Morgan fingerprint density at radius 1 is 1.36 bits per heavy atom. The summed E-state index contributed by atoms with van der Waals surface area (Å²) in [5, 5.41) is 10.1. The van der Waals surface area contributed by atoms with Crippen LogP contribution in [0.3, 0.4) is 0 Å². The summed E-state index contributed by atoms with van der Waals surface area (Å²) in [5.74, 6) is 1.15. The molecule has 0 radical (unpaired) electrons. The van der Waals surface area contributed by atoms with Gasteiger partial charge in [-0.15, -0.1) is 0 Å². The Bertz CT molecular complexity index is 1010. The predicted octanol–water partition coefficient (Wildman–Crippen LogP) is 0.776. The minimum Gasteiger partial charge on any atom is -0.507 e. The van der Waals surface area contributed by atoms with E-state index in [1.54, 1.807) is 7.11 Å². The Balaban J connectivity index is 1.76. The van der Waals surface area contributed by atoms with Gasteiger partial charge in [0.1, 0.15) is 23.1 Å². The minimum atomic E-state index is -0.825. The van der Waals surface area contributed by atoms with Crippen molar-refractivity contribution >= 4 is 5.78 Å². The van der Waals surface area contributed by atoms with Gasteiger partial charge in [0, 0.05) is 12.5 Å². The van der Waals surface area contributed by atoms with E-state index in [1.807, 2.05) is 13.1 Å². The average Bonchev–Trinajstić information content (AvgIpc) is 3.09. The number of carbonyl (C=O) groups is 1. The van der Waals surface area contributed by atoms with E-state index in [9.17, 15) is 14.7 Å². The standard InChI is InChI=1S/C20H21NO7/c1-10-6-13(22)17(20(24)28-10)14(23)8-12-16-11(4-5-21(12)2)7-15-18(19(16)25-3)27-9-26-15/h6-7,12,22H,4-5,8-9H2,1-3H3/p+1/t12-/m0/s1. The van der Waals surface area contributed by atoms with Gasteiger partial charge in [0.05, 0.1) is 32.7 Å². The molecule has 0 fully saturated rings. The molecule has 2 aliphatic heterocycles. The van der Waals surface area contributed by atoms with Gasteiger partial charge >= 0.3 is 5.63 Å². The summed E-state index contributed by atoms with van der Waals surface area (Å²) in [5.41, 5.74) is 0.767. The largest absolute Gasteiger partial charge is 0.507 e. The third-order valence-corrected chi connectivity index (χ3v) is 5.40. The third kappa shape index (κ3) is 2.90. The highest BCUT2D eigenvalue weighted by Gasteiger charge is 2.38. The lowest BCUT2D eigenvalue weighted by Gasteiger charge is -2.32. The number of aromatic hydroxyl groups is 1. The van der Waals surface area contributed by atoms with E-state index in [1.165, 1.54) is 13.0 Å². The summed E-state index contributed by atoms with van der Waals surface area (Å²) in [6.45, 7) is 2.47. The Hall–Kier alpha value is -3.00. The summed E-state index contributed by atoms with van der Waals surface area (Å²) < 4.78 is 21.7. The number of carbonyl (C=O) groups excluding carboxylic acids is 1. The van der Waals surface area contributed by atoms with Crippen LogP contribution in [0, 0.1) is 6.92 Å². The number of benzene rings is 1. The van der Waals surface area contributed by atoms with Crippen LogP contribution in [0.1, 0.15) is 39.7 Å². The number of fused-ring (bicyclic) bond motifs is 2. The molecule has 28 heavy (non-hydrogen) atoms. The molecule has 2 aliphatic rings. The maximum absolute atomic E-state index is 12.9. The van der Waals surface area contributed by atoms with Gasteiger partial charge in [-0.25, -0.2) is 4.79 Å². The first kappa shape index (κ1) is 18.4. The van der Waals surface area contributed by atoms with Crippen LogP contribution in [0.4, 0.5) is 0 Å². The summed E-state index contributed by atoms with van der Waals surface area (Å²) in [6.07, 6.45) is 0.826. The van der Waals surface area contributed by atoms with Gasteiger partial charge in [-0.05, 0) is 18.6 Å². The number of hydrogen-bond acceptors (Lipinski definition) is 7. The maximum Gasteiger partial charge on any atom is 0.350 e. The van der Waals surface area contributed by atoms with Crippen molar-refractivity contribution in [3.63, 3.8) is 0 Å². The van der Waals surface area contributed by atoms with Crippen LogP contribution in [0.5, 0.6) is 23.0 Å². The molecule has 0 bridgehead atoms. The molecular formula is C20H22NO7+. The molecule has 4 rings (SSSR count). The van der Waals surface area contributed by atoms with Crippen molar-refractivity contribution in [3.8, 4) is 23.0 Å².